The lowest BCUT2D eigenvalue weighted by Crippen LogP contribution is -2.05. The highest BCUT2D eigenvalue weighted by atomic mass is 79.9. The minimum Gasteiger partial charge on any atom is -0.478 e. The molecule has 0 aliphatic carbocycles. The van der Waals surface area contributed by atoms with Crippen LogP contribution in [0.15, 0.2) is 16.6 Å². The molecule has 64 valence electrons. The largest absolute Gasteiger partial charge is 0.478 e. The van der Waals surface area contributed by atoms with Gasteiger partial charge in [0.2, 0.25) is 0 Å². The van der Waals surface area contributed by atoms with Crippen molar-refractivity contribution in [2.75, 3.05) is 11.5 Å². The Labute approximate surface area is 77.3 Å². The van der Waals surface area contributed by atoms with E-state index in [0.717, 1.165) is 0 Å². The van der Waals surface area contributed by atoms with E-state index in [0.29, 0.717) is 4.47 Å². The average Bonchev–Trinajstić information content (AvgIpc) is 1.96. The number of benzene rings is 1. The van der Waals surface area contributed by atoms with E-state index in [9.17, 15) is 4.79 Å². The zero-order chi connectivity index (χ0) is 9.30. The summed E-state index contributed by atoms with van der Waals surface area (Å²) in [7, 11) is 0. The van der Waals surface area contributed by atoms with Crippen LogP contribution < -0.4 is 11.5 Å². The van der Waals surface area contributed by atoms with Crippen molar-refractivity contribution in [3.63, 3.8) is 0 Å². The summed E-state index contributed by atoms with van der Waals surface area (Å²) in [5.41, 5.74) is 11.3. The highest BCUT2D eigenvalue weighted by Crippen LogP contribution is 2.25. The molecule has 5 N–H and O–H groups in total. The van der Waals surface area contributed by atoms with E-state index in [2.05, 4.69) is 15.9 Å². The topological polar surface area (TPSA) is 89.3 Å². The molecule has 1 rings (SSSR count). The van der Waals surface area contributed by atoms with Crippen molar-refractivity contribution >= 4 is 33.3 Å². The van der Waals surface area contributed by atoms with Crippen LogP contribution in [0.5, 0.6) is 0 Å². The van der Waals surface area contributed by atoms with Gasteiger partial charge in [0.25, 0.3) is 0 Å². The second kappa shape index (κ2) is 3.02. The number of carbonyl (C=O) groups is 1. The monoisotopic (exact) mass is 230 g/mol. The summed E-state index contributed by atoms with van der Waals surface area (Å²) < 4.78 is 0.603. The molecule has 5 heteroatoms. The molecule has 0 radical (unpaired) electrons. The Morgan fingerprint density at radius 1 is 1.42 bits per heavy atom. The summed E-state index contributed by atoms with van der Waals surface area (Å²) >= 11 is 3.12. The van der Waals surface area contributed by atoms with Crippen LogP contribution in [0.4, 0.5) is 11.4 Å². The highest BCUT2D eigenvalue weighted by molar-refractivity contribution is 9.10. The molecule has 0 spiro atoms. The van der Waals surface area contributed by atoms with Crippen molar-refractivity contribution in [3.8, 4) is 0 Å². The van der Waals surface area contributed by atoms with Crippen molar-refractivity contribution in [2.45, 2.75) is 0 Å². The Bertz CT molecular complexity index is 338. The third-order valence-corrected chi connectivity index (χ3v) is 1.87. The molecule has 4 nitrogen and oxygen atoms in total. The van der Waals surface area contributed by atoms with Gasteiger partial charge >= 0.3 is 5.97 Å². The third kappa shape index (κ3) is 1.50. The van der Waals surface area contributed by atoms with E-state index in [1.807, 2.05) is 0 Å². The fourth-order valence-electron chi connectivity index (χ4n) is 0.816. The molecule has 0 aliphatic heterocycles. The lowest BCUT2D eigenvalue weighted by Gasteiger charge is -2.04. The van der Waals surface area contributed by atoms with Gasteiger partial charge in [-0.1, -0.05) is 15.9 Å². The van der Waals surface area contributed by atoms with E-state index in [1.165, 1.54) is 6.07 Å². The lowest BCUT2D eigenvalue weighted by atomic mass is 10.1. The van der Waals surface area contributed by atoms with E-state index >= 15 is 0 Å². The predicted octanol–water partition coefficient (Wildman–Crippen LogP) is 1.31. The zero-order valence-corrected chi connectivity index (χ0v) is 7.63. The number of nitrogen functional groups attached to an aromatic ring is 2. The van der Waals surface area contributed by atoms with Crippen LogP contribution in [-0.4, -0.2) is 11.1 Å². The van der Waals surface area contributed by atoms with Crippen LogP contribution in [0, 0.1) is 0 Å². The number of hydrogen-bond donors (Lipinski definition) is 3. The zero-order valence-electron chi connectivity index (χ0n) is 6.04. The van der Waals surface area contributed by atoms with Gasteiger partial charge in [-0.2, -0.15) is 0 Å². The summed E-state index contributed by atoms with van der Waals surface area (Å²) in [5.74, 6) is -1.08. The number of hydrogen-bond acceptors (Lipinski definition) is 3. The van der Waals surface area contributed by atoms with Crippen LogP contribution in [0.1, 0.15) is 10.4 Å². The average molecular weight is 231 g/mol. The van der Waals surface area contributed by atoms with Crippen LogP contribution in [0.2, 0.25) is 0 Å². The molecule has 0 aliphatic rings. The maximum Gasteiger partial charge on any atom is 0.337 e. The maximum atomic E-state index is 10.6. The smallest absolute Gasteiger partial charge is 0.337 e. The number of anilines is 2. The number of halogens is 1. The highest BCUT2D eigenvalue weighted by Gasteiger charge is 2.10. The molecule has 0 aromatic heterocycles. The second-order valence-corrected chi connectivity index (χ2v) is 3.18. The summed E-state index contributed by atoms with van der Waals surface area (Å²) in [5, 5.41) is 8.66. The summed E-state index contributed by atoms with van der Waals surface area (Å²) in [6.07, 6.45) is 0. The molecule has 0 bridgehead atoms. The van der Waals surface area contributed by atoms with Crippen molar-refractivity contribution in [3.05, 3.63) is 22.2 Å². The lowest BCUT2D eigenvalue weighted by molar-refractivity contribution is 0.0698. The van der Waals surface area contributed by atoms with Crippen LogP contribution in [0.25, 0.3) is 0 Å². The van der Waals surface area contributed by atoms with Crippen LogP contribution in [0.3, 0.4) is 0 Å². The van der Waals surface area contributed by atoms with Gasteiger partial charge in [-0.25, -0.2) is 4.79 Å². The Hall–Kier alpha value is -1.23. The molecule has 12 heavy (non-hydrogen) atoms. The van der Waals surface area contributed by atoms with Gasteiger partial charge in [-0.15, -0.1) is 0 Å². The Morgan fingerprint density at radius 2 is 2.00 bits per heavy atom. The van der Waals surface area contributed by atoms with Crippen molar-refractivity contribution < 1.29 is 9.90 Å². The van der Waals surface area contributed by atoms with Gasteiger partial charge in [-0.3, -0.25) is 0 Å². The molecule has 0 amide bonds. The first-order valence-electron chi connectivity index (χ1n) is 3.10. The van der Waals surface area contributed by atoms with Gasteiger partial charge in [0.05, 0.1) is 16.9 Å². The number of rotatable bonds is 1. The maximum absolute atomic E-state index is 10.6. The van der Waals surface area contributed by atoms with Gasteiger partial charge in [0.15, 0.2) is 0 Å². The molecule has 0 fully saturated rings. The van der Waals surface area contributed by atoms with Crippen LogP contribution >= 0.6 is 15.9 Å². The van der Waals surface area contributed by atoms with Gasteiger partial charge in [0.1, 0.15) is 0 Å². The van der Waals surface area contributed by atoms with Crippen molar-refractivity contribution in [2.24, 2.45) is 0 Å². The molecule has 0 heterocycles. The molecular formula is C7H7BrN2O2. The molecule has 0 saturated heterocycles. The SMILES string of the molecule is Nc1cc(Br)cc(C(=O)O)c1N. The van der Waals surface area contributed by atoms with Crippen molar-refractivity contribution in [1.82, 2.24) is 0 Å². The first kappa shape index (κ1) is 8.86. The van der Waals surface area contributed by atoms with E-state index in [1.54, 1.807) is 6.07 Å². The predicted molar refractivity (Wildman–Crippen MR) is 49.9 cm³/mol. The molecule has 1 aromatic carbocycles. The fraction of sp³-hybridized carbons (Fsp3) is 0. The number of carboxylic acid groups (broad SMARTS) is 1. The third-order valence-electron chi connectivity index (χ3n) is 1.41. The Balaban J connectivity index is 3.37. The fourth-order valence-corrected chi connectivity index (χ4v) is 1.29. The Morgan fingerprint density at radius 3 is 2.50 bits per heavy atom. The minimum absolute atomic E-state index is 0.0156. The minimum atomic E-state index is -1.08. The van der Waals surface area contributed by atoms with E-state index in [-0.39, 0.29) is 16.9 Å². The normalized spacial score (nSPS) is 9.75. The summed E-state index contributed by atoms with van der Waals surface area (Å²) in [6, 6.07) is 2.97. The summed E-state index contributed by atoms with van der Waals surface area (Å²) in [6.45, 7) is 0. The molecule has 0 saturated carbocycles. The van der Waals surface area contributed by atoms with E-state index in [4.69, 9.17) is 16.6 Å². The summed E-state index contributed by atoms with van der Waals surface area (Å²) in [4.78, 5) is 10.6. The first-order valence-corrected chi connectivity index (χ1v) is 3.89. The second-order valence-electron chi connectivity index (χ2n) is 2.26. The molecule has 0 unspecified atom stereocenters. The molecular weight excluding hydrogens is 224 g/mol. The number of nitrogens with two attached hydrogens (primary N) is 2. The quantitative estimate of drug-likeness (QED) is 0.635. The van der Waals surface area contributed by atoms with E-state index < -0.39 is 5.97 Å². The molecule has 0 atom stereocenters. The van der Waals surface area contributed by atoms with Gasteiger partial charge in [0, 0.05) is 4.47 Å². The van der Waals surface area contributed by atoms with Crippen LogP contribution in [-0.2, 0) is 0 Å². The standard InChI is InChI=1S/C7H7BrN2O2/c8-3-1-4(7(11)12)6(10)5(9)2-3/h1-2H,9-10H2,(H,11,12). The Kier molecular flexibility index (Phi) is 2.23. The van der Waals surface area contributed by atoms with Crippen molar-refractivity contribution in [1.29, 1.82) is 0 Å². The number of aromatic carboxylic acids is 1. The van der Waals surface area contributed by atoms with Gasteiger partial charge in [-0.05, 0) is 12.1 Å². The van der Waals surface area contributed by atoms with Gasteiger partial charge < -0.3 is 16.6 Å². The molecule has 1 aromatic rings. The first-order chi connectivity index (χ1) is 5.52. The number of carboxylic acids is 1.